The molecule has 2 N–H and O–H groups in total. The summed E-state index contributed by atoms with van der Waals surface area (Å²) in [5.41, 5.74) is 2.03. The van der Waals surface area contributed by atoms with Crippen molar-refractivity contribution >= 4 is 7.94 Å². The molecule has 1 aromatic rings. The molecule has 0 amide bonds. The number of benzene rings is 1. The largest absolute Gasteiger partial charge is 0.507 e. The van der Waals surface area contributed by atoms with Crippen molar-refractivity contribution in [3.8, 4) is 5.75 Å². The predicted molar refractivity (Wildman–Crippen MR) is 104 cm³/mol. The third-order valence-electron chi connectivity index (χ3n) is 3.39. The number of phenols is 1. The molecule has 4 nitrogen and oxygen atoms in total. The standard InChI is InChI=1S/C14H22O.C5H14O3P/c1-13(2,3)10-8-7-9-11(12(10)15)14(4,5)6;1-4-7-9(3,6)8-5-2/h7-9,15H,1-6H3;6H,4-5H2,1-3H3/q;+1. The second kappa shape index (κ2) is 9.15. The van der Waals surface area contributed by atoms with Crippen LogP contribution in [-0.4, -0.2) is 29.9 Å². The zero-order chi connectivity index (χ0) is 19.2. The monoisotopic (exact) mass is 359 g/mol. The van der Waals surface area contributed by atoms with Crippen LogP contribution >= 0.6 is 7.94 Å². The first-order valence-electron chi connectivity index (χ1n) is 8.47. The summed E-state index contributed by atoms with van der Waals surface area (Å²) in [5, 5.41) is 10.3. The van der Waals surface area contributed by atoms with E-state index in [1.54, 1.807) is 6.66 Å². The van der Waals surface area contributed by atoms with Crippen molar-refractivity contribution in [3.63, 3.8) is 0 Å². The maximum Gasteiger partial charge on any atom is 0.405 e. The van der Waals surface area contributed by atoms with E-state index in [0.717, 1.165) is 11.1 Å². The second-order valence-electron chi connectivity index (χ2n) is 7.84. The quantitative estimate of drug-likeness (QED) is 0.704. The average molecular weight is 359 g/mol. The lowest BCUT2D eigenvalue weighted by Gasteiger charge is -2.26. The Morgan fingerprint density at radius 1 is 0.875 bits per heavy atom. The number of para-hydroxylation sites is 1. The third kappa shape index (κ3) is 7.94. The molecular formula is C19H36O4P+. The maximum atomic E-state index is 10.3. The van der Waals surface area contributed by atoms with Gasteiger partial charge in [0.2, 0.25) is 0 Å². The Balaban J connectivity index is 0.000000506. The normalized spacial score (nSPS) is 12.6. The van der Waals surface area contributed by atoms with E-state index in [4.69, 9.17) is 9.05 Å². The molecule has 0 heterocycles. The first-order chi connectivity index (χ1) is 10.8. The second-order valence-corrected chi connectivity index (χ2v) is 9.96. The van der Waals surface area contributed by atoms with Crippen molar-refractivity contribution in [2.24, 2.45) is 0 Å². The van der Waals surface area contributed by atoms with Gasteiger partial charge in [0.15, 0.2) is 0 Å². The van der Waals surface area contributed by atoms with Crippen LogP contribution in [0.15, 0.2) is 18.2 Å². The van der Waals surface area contributed by atoms with Gasteiger partial charge in [-0.05, 0) is 35.8 Å². The van der Waals surface area contributed by atoms with Gasteiger partial charge in [0.25, 0.3) is 0 Å². The van der Waals surface area contributed by atoms with E-state index < -0.39 is 7.94 Å². The summed E-state index contributed by atoms with van der Waals surface area (Å²) in [6.45, 7) is 19.0. The highest BCUT2D eigenvalue weighted by molar-refractivity contribution is 7.59. The Morgan fingerprint density at radius 3 is 1.46 bits per heavy atom. The molecule has 0 aliphatic rings. The van der Waals surface area contributed by atoms with E-state index in [1.165, 1.54) is 0 Å². The van der Waals surface area contributed by atoms with Gasteiger partial charge >= 0.3 is 7.94 Å². The smallest absolute Gasteiger partial charge is 0.405 e. The molecule has 0 saturated carbocycles. The Hall–Kier alpha value is -0.670. The Morgan fingerprint density at radius 2 is 1.21 bits per heavy atom. The topological polar surface area (TPSA) is 58.9 Å². The molecule has 5 heteroatoms. The van der Waals surface area contributed by atoms with Crippen LogP contribution < -0.4 is 0 Å². The van der Waals surface area contributed by atoms with Crippen LogP contribution in [0.2, 0.25) is 0 Å². The number of hydrogen-bond donors (Lipinski definition) is 2. The first-order valence-corrected chi connectivity index (χ1v) is 10.5. The number of rotatable bonds is 4. The van der Waals surface area contributed by atoms with Gasteiger partial charge in [-0.25, -0.2) is 0 Å². The molecule has 0 saturated heterocycles. The highest BCUT2D eigenvalue weighted by Gasteiger charge is 2.31. The zero-order valence-electron chi connectivity index (χ0n) is 16.8. The van der Waals surface area contributed by atoms with Gasteiger partial charge in [0.05, 0.1) is 13.2 Å². The third-order valence-corrected chi connectivity index (χ3v) is 4.86. The minimum atomic E-state index is -2.44. The highest BCUT2D eigenvalue weighted by atomic mass is 31.2. The molecule has 140 valence electrons. The van der Waals surface area contributed by atoms with Crippen LogP contribution in [0.5, 0.6) is 5.75 Å². The molecule has 0 aliphatic carbocycles. The van der Waals surface area contributed by atoms with Gasteiger partial charge in [-0.1, -0.05) is 59.7 Å². The van der Waals surface area contributed by atoms with Gasteiger partial charge < -0.3 is 5.11 Å². The molecule has 0 bridgehead atoms. The number of phenolic OH excluding ortho intramolecular Hbond substituents is 1. The van der Waals surface area contributed by atoms with E-state index in [1.807, 2.05) is 32.0 Å². The molecule has 1 rings (SSSR count). The molecule has 0 unspecified atom stereocenters. The molecule has 0 fully saturated rings. The van der Waals surface area contributed by atoms with E-state index in [9.17, 15) is 10.00 Å². The SMILES string of the molecule is CC(C)(C)c1cccc(C(C)(C)C)c1O.CCO[P+](C)(O)OCC. The van der Waals surface area contributed by atoms with E-state index in [2.05, 4.69) is 41.5 Å². The van der Waals surface area contributed by atoms with Crippen molar-refractivity contribution in [2.45, 2.75) is 66.2 Å². The van der Waals surface area contributed by atoms with Crippen LogP contribution in [0, 0.1) is 0 Å². The van der Waals surface area contributed by atoms with Crippen molar-refractivity contribution < 1.29 is 19.0 Å². The van der Waals surface area contributed by atoms with Gasteiger partial charge in [-0.15, -0.1) is 0 Å². The number of aromatic hydroxyl groups is 1. The maximum absolute atomic E-state index is 10.3. The minimum absolute atomic E-state index is 0.00859. The number of hydrogen-bond acceptors (Lipinski definition) is 4. The summed E-state index contributed by atoms with van der Waals surface area (Å²) in [6.07, 6.45) is 0. The van der Waals surface area contributed by atoms with Crippen molar-refractivity contribution in [1.29, 1.82) is 0 Å². The molecule has 24 heavy (non-hydrogen) atoms. The van der Waals surface area contributed by atoms with Crippen molar-refractivity contribution in [3.05, 3.63) is 29.3 Å². The van der Waals surface area contributed by atoms with Crippen LogP contribution in [-0.2, 0) is 19.9 Å². The predicted octanol–water partition coefficient (Wildman–Crippen LogP) is 5.43. The molecule has 0 atom stereocenters. The Kier molecular flexibility index (Phi) is 8.89. The lowest BCUT2D eigenvalue weighted by molar-refractivity contribution is 0.195. The van der Waals surface area contributed by atoms with Crippen LogP contribution in [0.1, 0.15) is 66.5 Å². The summed E-state index contributed by atoms with van der Waals surface area (Å²) >= 11 is 0. The molecule has 0 radical (unpaired) electrons. The lowest BCUT2D eigenvalue weighted by atomic mass is 9.80. The zero-order valence-corrected chi connectivity index (χ0v) is 17.7. The molecule has 1 aromatic carbocycles. The summed E-state index contributed by atoms with van der Waals surface area (Å²) < 4.78 is 9.83. The van der Waals surface area contributed by atoms with Crippen LogP contribution in [0.25, 0.3) is 0 Å². The van der Waals surface area contributed by atoms with Gasteiger partial charge in [0.1, 0.15) is 12.4 Å². The van der Waals surface area contributed by atoms with Crippen molar-refractivity contribution in [1.82, 2.24) is 0 Å². The summed E-state index contributed by atoms with van der Waals surface area (Å²) in [4.78, 5) is 9.18. The summed E-state index contributed by atoms with van der Waals surface area (Å²) in [6, 6.07) is 6.04. The fraction of sp³-hybridized carbons (Fsp3) is 0.684. The minimum Gasteiger partial charge on any atom is -0.507 e. The van der Waals surface area contributed by atoms with Crippen molar-refractivity contribution in [2.75, 3.05) is 19.9 Å². The van der Waals surface area contributed by atoms with Gasteiger partial charge in [-0.2, -0.15) is 13.9 Å². The molecule has 0 aromatic heterocycles. The fourth-order valence-electron chi connectivity index (χ4n) is 2.27. The molecule has 0 aliphatic heterocycles. The van der Waals surface area contributed by atoms with Crippen LogP contribution in [0.3, 0.4) is 0 Å². The Labute approximate surface area is 148 Å². The highest BCUT2D eigenvalue weighted by Crippen LogP contribution is 2.52. The lowest BCUT2D eigenvalue weighted by Crippen LogP contribution is -2.16. The summed E-state index contributed by atoms with van der Waals surface area (Å²) in [7, 11) is -2.44. The Bertz CT molecular complexity index is 459. The van der Waals surface area contributed by atoms with Crippen LogP contribution in [0.4, 0.5) is 0 Å². The fourth-order valence-corrected chi connectivity index (χ4v) is 3.30. The van der Waals surface area contributed by atoms with E-state index >= 15 is 0 Å². The van der Waals surface area contributed by atoms with E-state index in [-0.39, 0.29) is 10.8 Å². The molecule has 0 spiro atoms. The average Bonchev–Trinajstić information content (AvgIpc) is 2.36. The van der Waals surface area contributed by atoms with Gasteiger partial charge in [0, 0.05) is 0 Å². The van der Waals surface area contributed by atoms with E-state index in [0.29, 0.717) is 19.0 Å². The first kappa shape index (κ1) is 23.3. The molecular weight excluding hydrogens is 323 g/mol. The summed E-state index contributed by atoms with van der Waals surface area (Å²) in [5.74, 6) is 0.456. The van der Waals surface area contributed by atoms with Gasteiger partial charge in [-0.3, -0.25) is 0 Å².